The van der Waals surface area contributed by atoms with Gasteiger partial charge < -0.3 is 15.1 Å². The summed E-state index contributed by atoms with van der Waals surface area (Å²) < 4.78 is 0. The fourth-order valence-corrected chi connectivity index (χ4v) is 3.17. The van der Waals surface area contributed by atoms with E-state index in [1.165, 1.54) is 11.8 Å². The van der Waals surface area contributed by atoms with Crippen molar-refractivity contribution in [2.24, 2.45) is 0 Å². The van der Waals surface area contributed by atoms with Gasteiger partial charge in [0, 0.05) is 18.7 Å². The minimum absolute atomic E-state index is 0.0405. The number of nitrogens with zero attached hydrogens (tertiary/aromatic N) is 1. The zero-order chi connectivity index (χ0) is 16.4. The quantitative estimate of drug-likeness (QED) is 0.449. The SMILES string of the molecule is CCCCCC(O)/C=C/C1CCC(=O)N1CCSCC(=O)O. The number of hydrogen-bond donors (Lipinski definition) is 2. The third-order valence-corrected chi connectivity index (χ3v) is 4.66. The van der Waals surface area contributed by atoms with Crippen LogP contribution in [0.15, 0.2) is 12.2 Å². The van der Waals surface area contributed by atoms with Gasteiger partial charge in [-0.25, -0.2) is 0 Å². The normalized spacial score (nSPS) is 20.0. The van der Waals surface area contributed by atoms with E-state index in [2.05, 4.69) is 6.92 Å². The summed E-state index contributed by atoms with van der Waals surface area (Å²) in [5, 5.41) is 18.5. The monoisotopic (exact) mass is 329 g/mol. The van der Waals surface area contributed by atoms with Gasteiger partial charge in [0.2, 0.25) is 5.91 Å². The number of unbranched alkanes of at least 4 members (excludes halogenated alkanes) is 2. The second kappa shape index (κ2) is 10.7. The molecule has 1 aliphatic rings. The van der Waals surface area contributed by atoms with E-state index in [0.717, 1.165) is 32.1 Å². The molecule has 126 valence electrons. The molecule has 0 aliphatic carbocycles. The van der Waals surface area contributed by atoms with Crippen molar-refractivity contribution in [1.82, 2.24) is 4.90 Å². The van der Waals surface area contributed by atoms with Crippen LogP contribution in [0.2, 0.25) is 0 Å². The van der Waals surface area contributed by atoms with E-state index >= 15 is 0 Å². The minimum atomic E-state index is -0.829. The highest BCUT2D eigenvalue weighted by atomic mass is 32.2. The molecule has 1 heterocycles. The highest BCUT2D eigenvalue weighted by Crippen LogP contribution is 2.21. The molecule has 5 nitrogen and oxygen atoms in total. The van der Waals surface area contributed by atoms with Gasteiger partial charge >= 0.3 is 5.97 Å². The minimum Gasteiger partial charge on any atom is -0.481 e. The average molecular weight is 329 g/mol. The zero-order valence-electron chi connectivity index (χ0n) is 13.2. The summed E-state index contributed by atoms with van der Waals surface area (Å²) in [7, 11) is 0. The van der Waals surface area contributed by atoms with E-state index in [-0.39, 0.29) is 17.7 Å². The molecule has 0 saturated carbocycles. The molecule has 2 unspecified atom stereocenters. The number of carbonyl (C=O) groups is 2. The third kappa shape index (κ3) is 7.31. The van der Waals surface area contributed by atoms with Crippen molar-refractivity contribution in [3.05, 3.63) is 12.2 Å². The number of carbonyl (C=O) groups excluding carboxylic acids is 1. The van der Waals surface area contributed by atoms with E-state index in [9.17, 15) is 14.7 Å². The summed E-state index contributed by atoms with van der Waals surface area (Å²) in [6.07, 6.45) is 8.64. The lowest BCUT2D eigenvalue weighted by molar-refractivity contribution is -0.134. The van der Waals surface area contributed by atoms with Crippen molar-refractivity contribution in [2.75, 3.05) is 18.1 Å². The lowest BCUT2D eigenvalue weighted by Crippen LogP contribution is -2.34. The van der Waals surface area contributed by atoms with Gasteiger partial charge in [-0.3, -0.25) is 9.59 Å². The molecule has 1 saturated heterocycles. The number of rotatable bonds is 11. The van der Waals surface area contributed by atoms with E-state index in [1.807, 2.05) is 6.08 Å². The molecule has 1 rings (SSSR count). The highest BCUT2D eigenvalue weighted by molar-refractivity contribution is 7.99. The largest absolute Gasteiger partial charge is 0.481 e. The Kier molecular flexibility index (Phi) is 9.24. The van der Waals surface area contributed by atoms with Crippen molar-refractivity contribution >= 4 is 23.6 Å². The van der Waals surface area contributed by atoms with E-state index in [4.69, 9.17) is 5.11 Å². The predicted molar refractivity (Wildman–Crippen MR) is 89.0 cm³/mol. The summed E-state index contributed by atoms with van der Waals surface area (Å²) in [5.41, 5.74) is 0. The van der Waals surface area contributed by atoms with Crippen LogP contribution in [-0.2, 0) is 9.59 Å². The Hall–Kier alpha value is -1.01. The molecule has 0 aromatic carbocycles. The Balaban J connectivity index is 2.36. The first-order valence-corrected chi connectivity index (χ1v) is 9.15. The van der Waals surface area contributed by atoms with Crippen LogP contribution in [-0.4, -0.2) is 57.2 Å². The molecule has 2 atom stereocenters. The molecule has 0 spiro atoms. The fraction of sp³-hybridized carbons (Fsp3) is 0.750. The molecule has 6 heteroatoms. The summed E-state index contributed by atoms with van der Waals surface area (Å²) in [6.45, 7) is 2.70. The number of likely N-dealkylation sites (tertiary alicyclic amines) is 1. The van der Waals surface area contributed by atoms with Gasteiger partial charge in [0.05, 0.1) is 17.9 Å². The molecule has 1 aliphatic heterocycles. The molecule has 2 N–H and O–H groups in total. The Morgan fingerprint density at radius 2 is 2.27 bits per heavy atom. The first kappa shape index (κ1) is 19.0. The van der Waals surface area contributed by atoms with Crippen LogP contribution in [0.3, 0.4) is 0 Å². The zero-order valence-corrected chi connectivity index (χ0v) is 14.1. The van der Waals surface area contributed by atoms with Gasteiger partial charge in [-0.2, -0.15) is 0 Å². The average Bonchev–Trinajstić information content (AvgIpc) is 2.82. The van der Waals surface area contributed by atoms with Crippen LogP contribution in [0, 0.1) is 0 Å². The molecule has 0 aromatic rings. The molecular weight excluding hydrogens is 302 g/mol. The predicted octanol–water partition coefficient (Wildman–Crippen LogP) is 2.29. The van der Waals surface area contributed by atoms with Gasteiger partial charge in [-0.1, -0.05) is 38.3 Å². The summed E-state index contributed by atoms with van der Waals surface area (Å²) in [5.74, 6) is -0.0180. The van der Waals surface area contributed by atoms with E-state index < -0.39 is 12.1 Å². The Labute approximate surface area is 136 Å². The molecule has 1 fully saturated rings. The molecule has 1 amide bonds. The molecule has 0 aromatic heterocycles. The van der Waals surface area contributed by atoms with Gasteiger partial charge in [0.1, 0.15) is 0 Å². The molecule has 0 radical (unpaired) electrons. The second-order valence-corrected chi connectivity index (χ2v) is 6.69. The molecule has 22 heavy (non-hydrogen) atoms. The summed E-state index contributed by atoms with van der Waals surface area (Å²) >= 11 is 1.32. The van der Waals surface area contributed by atoms with Gasteiger partial charge in [-0.05, 0) is 12.8 Å². The van der Waals surface area contributed by atoms with Gasteiger partial charge in [0.15, 0.2) is 0 Å². The Morgan fingerprint density at radius 3 is 2.95 bits per heavy atom. The lowest BCUT2D eigenvalue weighted by Gasteiger charge is -2.22. The number of thioether (sulfide) groups is 1. The van der Waals surface area contributed by atoms with Crippen molar-refractivity contribution in [3.8, 4) is 0 Å². The van der Waals surface area contributed by atoms with Crippen LogP contribution < -0.4 is 0 Å². The number of aliphatic carboxylic acids is 1. The summed E-state index contributed by atoms with van der Waals surface area (Å²) in [4.78, 5) is 24.1. The Bertz CT molecular complexity index is 386. The second-order valence-electron chi connectivity index (χ2n) is 5.59. The summed E-state index contributed by atoms with van der Waals surface area (Å²) in [6, 6.07) is 0.0405. The maximum Gasteiger partial charge on any atom is 0.313 e. The topological polar surface area (TPSA) is 77.8 Å². The number of aliphatic hydroxyl groups is 1. The lowest BCUT2D eigenvalue weighted by atomic mass is 10.1. The third-order valence-electron chi connectivity index (χ3n) is 3.74. The molecular formula is C16H27NO4S. The van der Waals surface area contributed by atoms with Crippen LogP contribution in [0.4, 0.5) is 0 Å². The maximum absolute atomic E-state index is 11.9. The standard InChI is InChI=1S/C16H27NO4S/c1-2-3-4-5-14(18)8-6-13-7-9-15(19)17(13)10-11-22-12-16(20)21/h6,8,13-14,18H,2-5,7,9-12H2,1H3,(H,20,21)/b8-6+. The first-order valence-electron chi connectivity index (χ1n) is 8.00. The van der Waals surface area contributed by atoms with Crippen molar-refractivity contribution < 1.29 is 19.8 Å². The van der Waals surface area contributed by atoms with Crippen molar-refractivity contribution in [3.63, 3.8) is 0 Å². The highest BCUT2D eigenvalue weighted by Gasteiger charge is 2.28. The number of amides is 1. The van der Waals surface area contributed by atoms with Crippen LogP contribution in [0.1, 0.15) is 45.4 Å². The van der Waals surface area contributed by atoms with Crippen LogP contribution in [0.25, 0.3) is 0 Å². The number of hydrogen-bond acceptors (Lipinski definition) is 4. The first-order chi connectivity index (χ1) is 10.5. The van der Waals surface area contributed by atoms with E-state index in [0.29, 0.717) is 18.7 Å². The molecule has 0 bridgehead atoms. The maximum atomic E-state index is 11.9. The number of carboxylic acid groups (broad SMARTS) is 1. The van der Waals surface area contributed by atoms with Gasteiger partial charge in [0.25, 0.3) is 0 Å². The van der Waals surface area contributed by atoms with Crippen LogP contribution in [0.5, 0.6) is 0 Å². The Morgan fingerprint density at radius 1 is 1.50 bits per heavy atom. The van der Waals surface area contributed by atoms with Crippen molar-refractivity contribution in [2.45, 2.75) is 57.6 Å². The smallest absolute Gasteiger partial charge is 0.313 e. The number of aliphatic hydroxyl groups excluding tert-OH is 1. The fourth-order valence-electron chi connectivity index (χ4n) is 2.52. The van der Waals surface area contributed by atoms with Gasteiger partial charge in [-0.15, -0.1) is 11.8 Å². The van der Waals surface area contributed by atoms with Crippen LogP contribution >= 0.6 is 11.8 Å². The van der Waals surface area contributed by atoms with Crippen molar-refractivity contribution in [1.29, 1.82) is 0 Å². The number of carboxylic acids is 1. The van der Waals surface area contributed by atoms with E-state index in [1.54, 1.807) is 11.0 Å².